The van der Waals surface area contributed by atoms with Crippen LogP contribution in [-0.2, 0) is 0 Å². The molecule has 0 aliphatic heterocycles. The van der Waals surface area contributed by atoms with Gasteiger partial charge in [-0.05, 0) is 44.6 Å². The van der Waals surface area contributed by atoms with Gasteiger partial charge in [0.15, 0.2) is 0 Å². The minimum Gasteiger partial charge on any atom is -0.396 e. The minimum absolute atomic E-state index is 0.335. The summed E-state index contributed by atoms with van der Waals surface area (Å²) in [5, 5.41) is 12.1. The van der Waals surface area contributed by atoms with Crippen molar-refractivity contribution in [2.24, 2.45) is 5.92 Å². The van der Waals surface area contributed by atoms with Crippen LogP contribution in [0.3, 0.4) is 0 Å². The van der Waals surface area contributed by atoms with Crippen LogP contribution in [0.1, 0.15) is 39.0 Å². The summed E-state index contributed by atoms with van der Waals surface area (Å²) in [4.78, 5) is 0. The summed E-state index contributed by atoms with van der Waals surface area (Å²) in [6, 6.07) is 0.753. The molecule has 1 aliphatic carbocycles. The molecule has 1 fully saturated rings. The first-order valence-corrected chi connectivity index (χ1v) is 5.22. The third-order valence-corrected chi connectivity index (χ3v) is 2.62. The second-order valence-corrected chi connectivity index (χ2v) is 3.74. The van der Waals surface area contributed by atoms with Gasteiger partial charge in [-0.2, -0.15) is 0 Å². The maximum Gasteiger partial charge on any atom is 0.0431 e. The molecule has 0 bridgehead atoms. The van der Waals surface area contributed by atoms with Crippen LogP contribution in [0.5, 0.6) is 0 Å². The van der Waals surface area contributed by atoms with E-state index >= 15 is 0 Å². The van der Waals surface area contributed by atoms with E-state index in [0.29, 0.717) is 6.61 Å². The van der Waals surface area contributed by atoms with Gasteiger partial charge in [-0.15, -0.1) is 0 Å². The van der Waals surface area contributed by atoms with E-state index in [1.165, 1.54) is 19.3 Å². The second-order valence-electron chi connectivity index (χ2n) is 3.74. The van der Waals surface area contributed by atoms with Gasteiger partial charge >= 0.3 is 0 Å². The standard InChI is InChI=1S/C10H21NO/c1-2-10(9-5-6-9)11-7-3-4-8-12/h9-12H,2-8H2,1H3. The van der Waals surface area contributed by atoms with E-state index in [4.69, 9.17) is 5.11 Å². The maximum atomic E-state index is 8.58. The molecule has 0 heterocycles. The normalized spacial score (nSPS) is 19.5. The summed E-state index contributed by atoms with van der Waals surface area (Å²) in [5.41, 5.74) is 0. The molecule has 12 heavy (non-hydrogen) atoms. The van der Waals surface area contributed by atoms with E-state index < -0.39 is 0 Å². The number of aliphatic hydroxyl groups excluding tert-OH is 1. The van der Waals surface area contributed by atoms with Crippen molar-refractivity contribution in [3.05, 3.63) is 0 Å². The molecule has 0 spiro atoms. The molecule has 2 N–H and O–H groups in total. The zero-order valence-electron chi connectivity index (χ0n) is 8.05. The smallest absolute Gasteiger partial charge is 0.0431 e. The van der Waals surface area contributed by atoms with Gasteiger partial charge in [-0.1, -0.05) is 6.92 Å². The molecular weight excluding hydrogens is 150 g/mol. The first-order chi connectivity index (χ1) is 5.88. The molecule has 2 nitrogen and oxygen atoms in total. The monoisotopic (exact) mass is 171 g/mol. The Kier molecular flexibility index (Phi) is 4.62. The average Bonchev–Trinajstić information content (AvgIpc) is 2.88. The first kappa shape index (κ1) is 10.0. The van der Waals surface area contributed by atoms with E-state index in [2.05, 4.69) is 12.2 Å². The van der Waals surface area contributed by atoms with Gasteiger partial charge in [-0.3, -0.25) is 0 Å². The summed E-state index contributed by atoms with van der Waals surface area (Å²) in [6.07, 6.45) is 6.15. The van der Waals surface area contributed by atoms with Crippen molar-refractivity contribution >= 4 is 0 Å². The van der Waals surface area contributed by atoms with Crippen LogP contribution < -0.4 is 5.32 Å². The van der Waals surface area contributed by atoms with Crippen LogP contribution in [0, 0.1) is 5.92 Å². The van der Waals surface area contributed by atoms with Crippen LogP contribution in [0.2, 0.25) is 0 Å². The van der Waals surface area contributed by atoms with Crippen molar-refractivity contribution in [1.29, 1.82) is 0 Å². The highest BCUT2D eigenvalue weighted by Crippen LogP contribution is 2.33. The zero-order valence-corrected chi connectivity index (χ0v) is 8.05. The minimum atomic E-state index is 0.335. The van der Waals surface area contributed by atoms with Crippen molar-refractivity contribution in [2.75, 3.05) is 13.2 Å². The topological polar surface area (TPSA) is 32.3 Å². The number of unbranched alkanes of at least 4 members (excludes halogenated alkanes) is 1. The van der Waals surface area contributed by atoms with Crippen molar-refractivity contribution in [3.63, 3.8) is 0 Å². The highest BCUT2D eigenvalue weighted by molar-refractivity contribution is 4.85. The van der Waals surface area contributed by atoms with Gasteiger partial charge in [0.25, 0.3) is 0 Å². The van der Waals surface area contributed by atoms with Crippen LogP contribution in [0.4, 0.5) is 0 Å². The highest BCUT2D eigenvalue weighted by atomic mass is 16.2. The van der Waals surface area contributed by atoms with Crippen LogP contribution >= 0.6 is 0 Å². The Bertz CT molecular complexity index is 112. The first-order valence-electron chi connectivity index (χ1n) is 5.22. The predicted molar refractivity (Wildman–Crippen MR) is 51.1 cm³/mol. The third-order valence-electron chi connectivity index (χ3n) is 2.62. The van der Waals surface area contributed by atoms with E-state index in [1.807, 2.05) is 0 Å². The fourth-order valence-corrected chi connectivity index (χ4v) is 1.67. The molecule has 0 aromatic rings. The summed E-state index contributed by atoms with van der Waals surface area (Å²) in [7, 11) is 0. The van der Waals surface area contributed by atoms with E-state index in [1.54, 1.807) is 0 Å². The summed E-state index contributed by atoms with van der Waals surface area (Å²) < 4.78 is 0. The maximum absolute atomic E-state index is 8.58. The van der Waals surface area contributed by atoms with Crippen molar-refractivity contribution < 1.29 is 5.11 Å². The highest BCUT2D eigenvalue weighted by Gasteiger charge is 2.28. The second kappa shape index (κ2) is 5.55. The molecule has 0 aromatic carbocycles. The Morgan fingerprint density at radius 3 is 2.67 bits per heavy atom. The SMILES string of the molecule is CCC(NCCCCO)C1CC1. The van der Waals surface area contributed by atoms with Gasteiger partial charge in [-0.25, -0.2) is 0 Å². The number of nitrogens with one attached hydrogen (secondary N) is 1. The van der Waals surface area contributed by atoms with Crippen LogP contribution in [-0.4, -0.2) is 24.3 Å². The third kappa shape index (κ3) is 3.55. The lowest BCUT2D eigenvalue weighted by atomic mass is 10.1. The van der Waals surface area contributed by atoms with Gasteiger partial charge in [0.2, 0.25) is 0 Å². The fraction of sp³-hybridized carbons (Fsp3) is 1.00. The summed E-state index contributed by atoms with van der Waals surface area (Å²) >= 11 is 0. The van der Waals surface area contributed by atoms with E-state index in [0.717, 1.165) is 31.3 Å². The Morgan fingerprint density at radius 2 is 2.17 bits per heavy atom. The van der Waals surface area contributed by atoms with Gasteiger partial charge in [0, 0.05) is 12.6 Å². The average molecular weight is 171 g/mol. The summed E-state index contributed by atoms with van der Waals surface area (Å²) in [5.74, 6) is 0.962. The Hall–Kier alpha value is -0.0800. The van der Waals surface area contributed by atoms with Gasteiger partial charge < -0.3 is 10.4 Å². The Morgan fingerprint density at radius 1 is 1.42 bits per heavy atom. The molecule has 0 saturated heterocycles. The molecule has 1 rings (SSSR count). The molecule has 0 aromatic heterocycles. The van der Waals surface area contributed by atoms with Gasteiger partial charge in [0.05, 0.1) is 0 Å². The van der Waals surface area contributed by atoms with Crippen molar-refractivity contribution in [1.82, 2.24) is 5.32 Å². The Balaban J connectivity index is 1.95. The lowest BCUT2D eigenvalue weighted by molar-refractivity contribution is 0.281. The van der Waals surface area contributed by atoms with Crippen molar-refractivity contribution in [3.8, 4) is 0 Å². The number of aliphatic hydroxyl groups is 1. The Labute approximate surface area is 75.4 Å². The molecule has 0 radical (unpaired) electrons. The molecule has 2 heteroatoms. The van der Waals surface area contributed by atoms with E-state index in [-0.39, 0.29) is 0 Å². The lowest BCUT2D eigenvalue weighted by Gasteiger charge is -2.15. The number of hydrogen-bond donors (Lipinski definition) is 2. The molecule has 1 atom stereocenters. The molecular formula is C10H21NO. The molecule has 0 amide bonds. The fourth-order valence-electron chi connectivity index (χ4n) is 1.67. The van der Waals surface area contributed by atoms with Crippen LogP contribution in [0.25, 0.3) is 0 Å². The van der Waals surface area contributed by atoms with E-state index in [9.17, 15) is 0 Å². The lowest BCUT2D eigenvalue weighted by Crippen LogP contribution is -2.31. The quantitative estimate of drug-likeness (QED) is 0.569. The van der Waals surface area contributed by atoms with Crippen molar-refractivity contribution in [2.45, 2.75) is 45.1 Å². The molecule has 1 aliphatic rings. The molecule has 1 saturated carbocycles. The molecule has 72 valence electrons. The molecule has 1 unspecified atom stereocenters. The van der Waals surface area contributed by atoms with Crippen LogP contribution in [0.15, 0.2) is 0 Å². The predicted octanol–water partition coefficient (Wildman–Crippen LogP) is 1.54. The zero-order chi connectivity index (χ0) is 8.81. The number of hydrogen-bond acceptors (Lipinski definition) is 2. The number of rotatable bonds is 7. The summed E-state index contributed by atoms with van der Waals surface area (Å²) in [6.45, 7) is 3.67. The van der Waals surface area contributed by atoms with Gasteiger partial charge in [0.1, 0.15) is 0 Å². The largest absolute Gasteiger partial charge is 0.396 e.